The molecule has 6 heteroatoms. The molecule has 2 unspecified atom stereocenters. The molecule has 1 aliphatic carbocycles. The van der Waals surface area contributed by atoms with Crippen LogP contribution >= 0.6 is 0 Å². The molecular formula is C25H22N2O4. The zero-order valence-electron chi connectivity index (χ0n) is 16.9. The van der Waals surface area contributed by atoms with Gasteiger partial charge in [0.05, 0.1) is 31.5 Å². The molecule has 1 saturated heterocycles. The summed E-state index contributed by atoms with van der Waals surface area (Å²) in [5, 5.41) is 3.80. The van der Waals surface area contributed by atoms with E-state index in [2.05, 4.69) is 47.6 Å². The summed E-state index contributed by atoms with van der Waals surface area (Å²) in [6.07, 6.45) is 5.85. The third-order valence-corrected chi connectivity index (χ3v) is 6.55. The highest BCUT2D eigenvalue weighted by molar-refractivity contribution is 5.79. The second-order valence-corrected chi connectivity index (χ2v) is 8.28. The molecule has 0 saturated carbocycles. The molecular weight excluding hydrogens is 392 g/mol. The highest BCUT2D eigenvalue weighted by atomic mass is 16.6. The number of morpholine rings is 1. The van der Waals surface area contributed by atoms with Crippen molar-refractivity contribution in [1.82, 2.24) is 10.1 Å². The average molecular weight is 414 g/mol. The van der Waals surface area contributed by atoms with Gasteiger partial charge in [0, 0.05) is 11.5 Å². The number of rotatable bonds is 3. The zero-order chi connectivity index (χ0) is 20.8. The van der Waals surface area contributed by atoms with Crippen molar-refractivity contribution in [1.29, 1.82) is 0 Å². The van der Waals surface area contributed by atoms with Gasteiger partial charge in [-0.15, -0.1) is 0 Å². The van der Waals surface area contributed by atoms with Crippen LogP contribution in [0.4, 0.5) is 4.79 Å². The van der Waals surface area contributed by atoms with Crippen LogP contribution in [0.2, 0.25) is 0 Å². The van der Waals surface area contributed by atoms with Gasteiger partial charge >= 0.3 is 6.09 Å². The van der Waals surface area contributed by atoms with Gasteiger partial charge in [-0.05, 0) is 34.2 Å². The first-order valence-corrected chi connectivity index (χ1v) is 10.6. The molecule has 2 atom stereocenters. The largest absolute Gasteiger partial charge is 0.448 e. The van der Waals surface area contributed by atoms with Crippen LogP contribution in [0.25, 0.3) is 16.7 Å². The van der Waals surface area contributed by atoms with Gasteiger partial charge in [-0.1, -0.05) is 59.8 Å². The quantitative estimate of drug-likeness (QED) is 0.632. The SMILES string of the molecule is O=C(OCC1c2ccccc2-c2ccccc21)N1C2C=C(c3cnoc3)CC1COC2. The summed E-state index contributed by atoms with van der Waals surface area (Å²) in [7, 11) is 0. The lowest BCUT2D eigenvalue weighted by Crippen LogP contribution is -2.56. The average Bonchev–Trinajstić information content (AvgIpc) is 3.44. The van der Waals surface area contributed by atoms with E-state index in [1.54, 1.807) is 12.5 Å². The fraction of sp³-hybridized carbons (Fsp3) is 0.280. The van der Waals surface area contributed by atoms with Gasteiger partial charge in [-0.25, -0.2) is 4.79 Å². The molecule has 156 valence electrons. The Morgan fingerprint density at radius 3 is 2.48 bits per heavy atom. The van der Waals surface area contributed by atoms with Crippen molar-refractivity contribution < 1.29 is 18.8 Å². The lowest BCUT2D eigenvalue weighted by atomic mass is 9.91. The Hall–Kier alpha value is -3.38. The van der Waals surface area contributed by atoms with Crippen molar-refractivity contribution in [3.63, 3.8) is 0 Å². The van der Waals surface area contributed by atoms with Gasteiger partial charge in [-0.2, -0.15) is 0 Å². The molecule has 2 bridgehead atoms. The normalized spacial score (nSPS) is 21.9. The lowest BCUT2D eigenvalue weighted by Gasteiger charge is -2.43. The Morgan fingerprint density at radius 1 is 1.06 bits per heavy atom. The number of ether oxygens (including phenoxy) is 2. The standard InChI is InChI=1S/C25H22N2O4/c28-25(27-18-9-16(17-11-26-31-12-17)10-19(27)14-29-13-18)30-15-24-22-7-3-1-5-20(22)21-6-2-4-8-23(21)24/h1-9,11-12,18-19,24H,10,13-15H2. The minimum Gasteiger partial charge on any atom is -0.448 e. The second kappa shape index (κ2) is 7.39. The molecule has 2 aromatic carbocycles. The maximum absolute atomic E-state index is 13.2. The Labute approximate surface area is 180 Å². The van der Waals surface area contributed by atoms with Crippen LogP contribution in [0.1, 0.15) is 29.0 Å². The molecule has 3 aromatic rings. The number of carbonyl (C=O) groups excluding carboxylic acids is 1. The van der Waals surface area contributed by atoms with E-state index in [4.69, 9.17) is 14.0 Å². The highest BCUT2D eigenvalue weighted by Gasteiger charge is 2.40. The van der Waals surface area contributed by atoms with E-state index in [-0.39, 0.29) is 24.1 Å². The van der Waals surface area contributed by atoms with Crippen LogP contribution < -0.4 is 0 Å². The van der Waals surface area contributed by atoms with Crippen LogP contribution in [0.15, 0.2) is 71.6 Å². The fourth-order valence-electron chi connectivity index (χ4n) is 5.13. The number of aromatic nitrogens is 1. The molecule has 1 fully saturated rings. The Morgan fingerprint density at radius 2 is 1.81 bits per heavy atom. The van der Waals surface area contributed by atoms with E-state index in [1.165, 1.54) is 22.3 Å². The van der Waals surface area contributed by atoms with Gasteiger partial charge in [0.25, 0.3) is 0 Å². The highest BCUT2D eigenvalue weighted by Crippen LogP contribution is 2.44. The summed E-state index contributed by atoms with van der Waals surface area (Å²) in [6, 6.07) is 16.5. The third-order valence-electron chi connectivity index (χ3n) is 6.55. The van der Waals surface area contributed by atoms with Gasteiger partial charge in [0.15, 0.2) is 0 Å². The Kier molecular flexibility index (Phi) is 4.39. The number of fused-ring (bicyclic) bond motifs is 5. The number of hydrogen-bond acceptors (Lipinski definition) is 5. The lowest BCUT2D eigenvalue weighted by molar-refractivity contribution is -0.0331. The maximum atomic E-state index is 13.2. The first kappa shape index (κ1) is 18.4. The van der Waals surface area contributed by atoms with Crippen LogP contribution in [0.3, 0.4) is 0 Å². The van der Waals surface area contributed by atoms with Gasteiger partial charge in [0.1, 0.15) is 12.9 Å². The predicted molar refractivity (Wildman–Crippen MR) is 114 cm³/mol. The summed E-state index contributed by atoms with van der Waals surface area (Å²) in [4.78, 5) is 15.0. The number of nitrogens with zero attached hydrogens (tertiary/aromatic N) is 2. The van der Waals surface area contributed by atoms with Gasteiger partial charge in [-0.3, -0.25) is 4.90 Å². The fourth-order valence-corrected chi connectivity index (χ4v) is 5.13. The van der Waals surface area contributed by atoms with Crippen LogP contribution in [-0.2, 0) is 9.47 Å². The summed E-state index contributed by atoms with van der Waals surface area (Å²) in [5.74, 6) is 0.0559. The predicted octanol–water partition coefficient (Wildman–Crippen LogP) is 4.48. The molecule has 6 rings (SSSR count). The molecule has 1 aromatic heterocycles. The number of benzene rings is 2. The van der Waals surface area contributed by atoms with E-state index in [1.807, 2.05) is 17.0 Å². The molecule has 0 radical (unpaired) electrons. The topological polar surface area (TPSA) is 64.8 Å². The molecule has 0 N–H and O–H groups in total. The minimum absolute atomic E-state index is 0.0516. The molecule has 3 aliphatic rings. The van der Waals surface area contributed by atoms with Crippen LogP contribution in [0.5, 0.6) is 0 Å². The molecule has 3 heterocycles. The van der Waals surface area contributed by atoms with Crippen molar-refractivity contribution >= 4 is 11.7 Å². The van der Waals surface area contributed by atoms with Gasteiger partial charge < -0.3 is 14.0 Å². The Bertz CT molecular complexity index is 1110. The first-order chi connectivity index (χ1) is 15.3. The van der Waals surface area contributed by atoms with Crippen molar-refractivity contribution in [3.05, 3.63) is 83.8 Å². The third kappa shape index (κ3) is 3.06. The summed E-state index contributed by atoms with van der Waals surface area (Å²) < 4.78 is 16.6. The molecule has 6 nitrogen and oxygen atoms in total. The first-order valence-electron chi connectivity index (χ1n) is 10.6. The number of hydrogen-bond donors (Lipinski definition) is 0. The number of carbonyl (C=O) groups is 1. The number of amides is 1. The van der Waals surface area contributed by atoms with Crippen molar-refractivity contribution in [3.8, 4) is 11.1 Å². The molecule has 2 aliphatic heterocycles. The van der Waals surface area contributed by atoms with E-state index < -0.39 is 0 Å². The Balaban J connectivity index is 1.22. The second-order valence-electron chi connectivity index (χ2n) is 8.28. The van der Waals surface area contributed by atoms with Crippen molar-refractivity contribution in [2.75, 3.05) is 19.8 Å². The summed E-state index contributed by atoms with van der Waals surface area (Å²) >= 11 is 0. The molecule has 0 spiro atoms. The molecule has 31 heavy (non-hydrogen) atoms. The molecule has 1 amide bonds. The van der Waals surface area contributed by atoms with E-state index in [0.717, 1.165) is 11.1 Å². The summed E-state index contributed by atoms with van der Waals surface area (Å²) in [6.45, 7) is 1.30. The monoisotopic (exact) mass is 414 g/mol. The minimum atomic E-state index is -0.277. The van der Waals surface area contributed by atoms with Crippen molar-refractivity contribution in [2.24, 2.45) is 0 Å². The van der Waals surface area contributed by atoms with Crippen LogP contribution in [-0.4, -0.2) is 48.1 Å². The zero-order valence-corrected chi connectivity index (χ0v) is 16.9. The van der Waals surface area contributed by atoms with Gasteiger partial charge in [0.2, 0.25) is 0 Å². The van der Waals surface area contributed by atoms with E-state index >= 15 is 0 Å². The smallest absolute Gasteiger partial charge is 0.410 e. The maximum Gasteiger partial charge on any atom is 0.410 e. The summed E-state index contributed by atoms with van der Waals surface area (Å²) in [5.41, 5.74) is 6.99. The van der Waals surface area contributed by atoms with Crippen LogP contribution in [0, 0.1) is 0 Å². The van der Waals surface area contributed by atoms with E-state index in [0.29, 0.717) is 26.2 Å². The van der Waals surface area contributed by atoms with Crippen molar-refractivity contribution in [2.45, 2.75) is 24.4 Å². The van der Waals surface area contributed by atoms with E-state index in [9.17, 15) is 4.79 Å².